The molecule has 0 heterocycles. The van der Waals surface area contributed by atoms with Crippen LogP contribution in [0.1, 0.15) is 5.56 Å². The van der Waals surface area contributed by atoms with Crippen LogP contribution in [0, 0.1) is 6.92 Å². The van der Waals surface area contributed by atoms with E-state index in [1.165, 1.54) is 0 Å². The zero-order valence-corrected chi connectivity index (χ0v) is 11.5. The molecule has 0 fully saturated rings. The predicted molar refractivity (Wildman–Crippen MR) is 83.9 cm³/mol. The summed E-state index contributed by atoms with van der Waals surface area (Å²) < 4.78 is 11.6. The second-order valence-electron chi connectivity index (χ2n) is 4.64. The molecule has 0 spiro atoms. The van der Waals surface area contributed by atoms with E-state index in [-0.39, 0.29) is 0 Å². The molecule has 3 rings (SSSR count). The number of hydrogen-bond donors (Lipinski definition) is 0. The highest BCUT2D eigenvalue weighted by molar-refractivity contribution is 5.43. The van der Waals surface area contributed by atoms with Crippen LogP contribution in [0.15, 0.2) is 78.9 Å². The van der Waals surface area contributed by atoms with Crippen LogP contribution >= 0.6 is 0 Å². The third-order valence-corrected chi connectivity index (χ3v) is 2.90. The lowest BCUT2D eigenvalue weighted by Gasteiger charge is -2.10. The van der Waals surface area contributed by atoms with Crippen LogP contribution in [0.5, 0.6) is 23.0 Å². The molecular weight excluding hydrogens is 260 g/mol. The van der Waals surface area contributed by atoms with Crippen molar-refractivity contribution in [2.45, 2.75) is 0 Å². The molecule has 0 saturated heterocycles. The molecule has 21 heavy (non-hydrogen) atoms. The lowest BCUT2D eigenvalue weighted by Crippen LogP contribution is -1.88. The average molecular weight is 275 g/mol. The first-order chi connectivity index (χ1) is 10.3. The van der Waals surface area contributed by atoms with Crippen LogP contribution < -0.4 is 9.47 Å². The Morgan fingerprint density at radius 3 is 1.38 bits per heavy atom. The summed E-state index contributed by atoms with van der Waals surface area (Å²) in [5.41, 5.74) is 0.842. The topological polar surface area (TPSA) is 18.5 Å². The van der Waals surface area contributed by atoms with Crippen molar-refractivity contribution in [3.63, 3.8) is 0 Å². The van der Waals surface area contributed by atoms with Crippen molar-refractivity contribution < 1.29 is 9.47 Å². The van der Waals surface area contributed by atoms with Crippen LogP contribution in [0.3, 0.4) is 0 Å². The van der Waals surface area contributed by atoms with Crippen molar-refractivity contribution in [3.05, 3.63) is 91.3 Å². The summed E-state index contributed by atoms with van der Waals surface area (Å²) in [5, 5.41) is 0. The molecule has 3 aromatic rings. The molecule has 0 aliphatic rings. The molecule has 0 bridgehead atoms. The van der Waals surface area contributed by atoms with Gasteiger partial charge in [0.1, 0.15) is 23.0 Å². The van der Waals surface area contributed by atoms with E-state index in [4.69, 9.17) is 9.47 Å². The van der Waals surface area contributed by atoms with E-state index in [2.05, 4.69) is 6.92 Å². The molecule has 2 heteroatoms. The monoisotopic (exact) mass is 275 g/mol. The van der Waals surface area contributed by atoms with E-state index in [0.29, 0.717) is 11.5 Å². The Morgan fingerprint density at radius 2 is 0.952 bits per heavy atom. The fourth-order valence-electron chi connectivity index (χ4n) is 2.00. The molecule has 1 radical (unpaired) electrons. The Hall–Kier alpha value is -2.74. The highest BCUT2D eigenvalue weighted by Gasteiger charge is 2.03. The molecule has 0 unspecified atom stereocenters. The predicted octanol–water partition coefficient (Wildman–Crippen LogP) is 5.45. The number of rotatable bonds is 4. The van der Waals surface area contributed by atoms with Crippen LogP contribution in [0.25, 0.3) is 0 Å². The normalized spacial score (nSPS) is 10.1. The lowest BCUT2D eigenvalue weighted by molar-refractivity contribution is 0.460. The van der Waals surface area contributed by atoms with E-state index >= 15 is 0 Å². The molecule has 2 nitrogen and oxygen atoms in total. The molecule has 0 N–H and O–H groups in total. The van der Waals surface area contributed by atoms with Crippen molar-refractivity contribution in [1.29, 1.82) is 0 Å². The van der Waals surface area contributed by atoms with E-state index in [0.717, 1.165) is 17.1 Å². The quantitative estimate of drug-likeness (QED) is 0.630. The summed E-state index contributed by atoms with van der Waals surface area (Å²) >= 11 is 0. The molecule has 3 aromatic carbocycles. The van der Waals surface area contributed by atoms with Crippen LogP contribution in [0.2, 0.25) is 0 Å². The van der Waals surface area contributed by atoms with Crippen molar-refractivity contribution >= 4 is 0 Å². The third kappa shape index (κ3) is 3.63. The summed E-state index contributed by atoms with van der Waals surface area (Å²) in [6.45, 7) is 3.97. The van der Waals surface area contributed by atoms with Gasteiger partial charge in [-0.15, -0.1) is 0 Å². The maximum Gasteiger partial charge on any atom is 0.131 e. The van der Waals surface area contributed by atoms with E-state index in [1.807, 2.05) is 78.9 Å². The fraction of sp³-hybridized carbons (Fsp3) is 0. The first-order valence-corrected chi connectivity index (χ1v) is 6.72. The Morgan fingerprint density at radius 1 is 0.524 bits per heavy atom. The minimum Gasteiger partial charge on any atom is -0.457 e. The van der Waals surface area contributed by atoms with Gasteiger partial charge in [-0.1, -0.05) is 36.4 Å². The van der Waals surface area contributed by atoms with Crippen molar-refractivity contribution in [3.8, 4) is 23.0 Å². The summed E-state index contributed by atoms with van der Waals surface area (Å²) in [6.07, 6.45) is 0. The van der Waals surface area contributed by atoms with Crippen molar-refractivity contribution in [2.24, 2.45) is 0 Å². The third-order valence-electron chi connectivity index (χ3n) is 2.90. The van der Waals surface area contributed by atoms with Gasteiger partial charge in [-0.05, 0) is 48.9 Å². The molecule has 0 amide bonds. The summed E-state index contributed by atoms with van der Waals surface area (Å²) in [7, 11) is 0. The van der Waals surface area contributed by atoms with Gasteiger partial charge in [0.2, 0.25) is 0 Å². The standard InChI is InChI=1S/C19H15O2/c1-15-12-18(20-16-8-4-2-5-9-16)14-19(13-15)21-17-10-6-3-7-11-17/h2-14H,1H2. The van der Waals surface area contributed by atoms with E-state index in [9.17, 15) is 0 Å². The number of ether oxygens (including phenoxy) is 2. The smallest absolute Gasteiger partial charge is 0.131 e. The summed E-state index contributed by atoms with van der Waals surface area (Å²) in [5.74, 6) is 2.99. The van der Waals surface area contributed by atoms with Gasteiger partial charge in [-0.25, -0.2) is 0 Å². The first-order valence-electron chi connectivity index (χ1n) is 6.72. The molecule has 0 atom stereocenters. The fourth-order valence-corrected chi connectivity index (χ4v) is 2.00. The van der Waals surface area contributed by atoms with Crippen molar-refractivity contribution in [1.82, 2.24) is 0 Å². The maximum atomic E-state index is 5.82. The Bertz CT molecular complexity index is 646. The van der Waals surface area contributed by atoms with Gasteiger partial charge >= 0.3 is 0 Å². The zero-order chi connectivity index (χ0) is 14.5. The molecule has 0 aliphatic carbocycles. The Kier molecular flexibility index (Phi) is 3.88. The van der Waals surface area contributed by atoms with Gasteiger partial charge in [-0.3, -0.25) is 0 Å². The lowest BCUT2D eigenvalue weighted by atomic mass is 10.2. The van der Waals surface area contributed by atoms with Crippen LogP contribution in [-0.4, -0.2) is 0 Å². The largest absolute Gasteiger partial charge is 0.457 e. The number of benzene rings is 3. The molecular formula is C19H15O2. The summed E-state index contributed by atoms with van der Waals surface area (Å²) in [6, 6.07) is 24.9. The highest BCUT2D eigenvalue weighted by atomic mass is 16.5. The minimum absolute atomic E-state index is 0.708. The van der Waals surface area contributed by atoms with Gasteiger partial charge in [-0.2, -0.15) is 0 Å². The van der Waals surface area contributed by atoms with Crippen LogP contribution in [-0.2, 0) is 0 Å². The molecule has 0 aliphatic heterocycles. The van der Waals surface area contributed by atoms with Crippen LogP contribution in [0.4, 0.5) is 0 Å². The zero-order valence-electron chi connectivity index (χ0n) is 11.5. The van der Waals surface area contributed by atoms with E-state index < -0.39 is 0 Å². The SMILES string of the molecule is [CH2]c1cc(Oc2ccccc2)cc(Oc2ccccc2)c1. The Balaban J connectivity index is 1.83. The maximum absolute atomic E-state index is 5.82. The highest BCUT2D eigenvalue weighted by Crippen LogP contribution is 2.29. The van der Waals surface area contributed by atoms with E-state index in [1.54, 1.807) is 0 Å². The molecule has 0 aromatic heterocycles. The van der Waals surface area contributed by atoms with Gasteiger partial charge < -0.3 is 9.47 Å². The second-order valence-corrected chi connectivity index (χ2v) is 4.64. The van der Waals surface area contributed by atoms with Crippen molar-refractivity contribution in [2.75, 3.05) is 0 Å². The average Bonchev–Trinajstić information content (AvgIpc) is 2.48. The number of hydrogen-bond acceptors (Lipinski definition) is 2. The van der Waals surface area contributed by atoms with Gasteiger partial charge in [0, 0.05) is 6.07 Å². The Labute approximate surface area is 124 Å². The minimum atomic E-state index is 0.708. The first kappa shape index (κ1) is 13.3. The van der Waals surface area contributed by atoms with Gasteiger partial charge in [0.15, 0.2) is 0 Å². The molecule has 0 saturated carbocycles. The number of para-hydroxylation sites is 2. The second kappa shape index (κ2) is 6.14. The van der Waals surface area contributed by atoms with Gasteiger partial charge in [0.05, 0.1) is 0 Å². The molecule has 103 valence electrons. The summed E-state index contributed by atoms with van der Waals surface area (Å²) in [4.78, 5) is 0. The van der Waals surface area contributed by atoms with Gasteiger partial charge in [0.25, 0.3) is 0 Å².